The maximum Gasteiger partial charge on any atom is 0.111 e. The van der Waals surface area contributed by atoms with Crippen molar-refractivity contribution in [2.24, 2.45) is 0 Å². The molecule has 0 bridgehead atoms. The van der Waals surface area contributed by atoms with Crippen LogP contribution in [0.2, 0.25) is 0 Å². The van der Waals surface area contributed by atoms with Crippen LogP contribution in [0.15, 0.2) is 12.4 Å². The minimum atomic E-state index is -0.593. The quantitative estimate of drug-likeness (QED) is 0.858. The first kappa shape index (κ1) is 12.6. The third-order valence-electron chi connectivity index (χ3n) is 3.50. The molecule has 1 unspecified atom stereocenters. The van der Waals surface area contributed by atoms with Gasteiger partial charge in [-0.3, -0.25) is 0 Å². The van der Waals surface area contributed by atoms with Gasteiger partial charge in [0, 0.05) is 31.9 Å². The Bertz CT molecular complexity index is 363. The molecule has 96 valence electrons. The van der Waals surface area contributed by atoms with Gasteiger partial charge < -0.3 is 14.6 Å². The number of likely N-dealkylation sites (tertiary alicyclic amines) is 1. The molecule has 1 saturated heterocycles. The van der Waals surface area contributed by atoms with E-state index in [2.05, 4.69) is 28.4 Å². The molecule has 0 spiro atoms. The summed E-state index contributed by atoms with van der Waals surface area (Å²) >= 11 is 0. The van der Waals surface area contributed by atoms with Crippen LogP contribution in [0, 0.1) is 0 Å². The van der Waals surface area contributed by atoms with E-state index in [0.29, 0.717) is 6.42 Å². The van der Waals surface area contributed by atoms with Crippen LogP contribution in [-0.2, 0) is 13.0 Å². The summed E-state index contributed by atoms with van der Waals surface area (Å²) in [6.07, 6.45) is 7.57. The molecule has 4 heteroatoms. The zero-order chi connectivity index (χ0) is 12.3. The minimum absolute atomic E-state index is 0.593. The van der Waals surface area contributed by atoms with E-state index in [4.69, 9.17) is 0 Å². The standard InChI is InChI=1S/C13H23N3O/c1-3-7-16-9-6-14-12(16)10-13(17)5-4-8-15(2)11-13/h6,9,17H,3-5,7-8,10-11H2,1-2H3. The molecule has 1 fully saturated rings. The number of aliphatic hydroxyl groups is 1. The Morgan fingerprint density at radius 3 is 3.06 bits per heavy atom. The van der Waals surface area contributed by atoms with Crippen molar-refractivity contribution in [3.63, 3.8) is 0 Å². The molecule has 1 aromatic rings. The van der Waals surface area contributed by atoms with Crippen molar-refractivity contribution in [1.29, 1.82) is 0 Å². The van der Waals surface area contributed by atoms with Gasteiger partial charge in [-0.05, 0) is 32.9 Å². The minimum Gasteiger partial charge on any atom is -0.388 e. The van der Waals surface area contributed by atoms with E-state index in [1.54, 1.807) is 0 Å². The molecule has 17 heavy (non-hydrogen) atoms. The Hall–Kier alpha value is -0.870. The molecular weight excluding hydrogens is 214 g/mol. The molecule has 0 saturated carbocycles. The van der Waals surface area contributed by atoms with Crippen LogP contribution in [0.25, 0.3) is 0 Å². The number of imidazole rings is 1. The second-order valence-corrected chi connectivity index (χ2v) is 5.28. The molecule has 1 aromatic heterocycles. The highest BCUT2D eigenvalue weighted by atomic mass is 16.3. The molecule has 1 aliphatic heterocycles. The first-order valence-electron chi connectivity index (χ1n) is 6.54. The number of nitrogens with zero attached hydrogens (tertiary/aromatic N) is 3. The van der Waals surface area contributed by atoms with E-state index in [1.165, 1.54) is 0 Å². The molecule has 0 radical (unpaired) electrons. The fourth-order valence-corrected chi connectivity index (χ4v) is 2.73. The predicted octanol–water partition coefficient (Wildman–Crippen LogP) is 1.29. The van der Waals surface area contributed by atoms with Crippen molar-refractivity contribution in [2.45, 2.75) is 44.8 Å². The van der Waals surface area contributed by atoms with Gasteiger partial charge in [-0.1, -0.05) is 6.92 Å². The number of piperidine rings is 1. The fraction of sp³-hybridized carbons (Fsp3) is 0.769. The zero-order valence-electron chi connectivity index (χ0n) is 10.9. The number of hydrogen-bond acceptors (Lipinski definition) is 3. The van der Waals surface area contributed by atoms with E-state index in [0.717, 1.165) is 44.7 Å². The third kappa shape index (κ3) is 3.07. The Morgan fingerprint density at radius 2 is 2.35 bits per heavy atom. The normalized spacial score (nSPS) is 26.3. The Kier molecular flexibility index (Phi) is 3.84. The van der Waals surface area contributed by atoms with Crippen LogP contribution in [0.3, 0.4) is 0 Å². The zero-order valence-corrected chi connectivity index (χ0v) is 10.9. The van der Waals surface area contributed by atoms with E-state index in [1.807, 2.05) is 12.4 Å². The van der Waals surface area contributed by atoms with Crippen molar-refractivity contribution in [3.05, 3.63) is 18.2 Å². The Morgan fingerprint density at radius 1 is 1.53 bits per heavy atom. The van der Waals surface area contributed by atoms with Crippen molar-refractivity contribution < 1.29 is 5.11 Å². The molecule has 2 heterocycles. The highest BCUT2D eigenvalue weighted by molar-refractivity contribution is 5.01. The third-order valence-corrected chi connectivity index (χ3v) is 3.50. The molecule has 0 aliphatic carbocycles. The number of hydrogen-bond donors (Lipinski definition) is 1. The smallest absolute Gasteiger partial charge is 0.111 e. The van der Waals surface area contributed by atoms with E-state index in [-0.39, 0.29) is 0 Å². The largest absolute Gasteiger partial charge is 0.388 e. The molecule has 1 aliphatic rings. The van der Waals surface area contributed by atoms with E-state index >= 15 is 0 Å². The van der Waals surface area contributed by atoms with E-state index < -0.39 is 5.60 Å². The van der Waals surface area contributed by atoms with Crippen LogP contribution in [0.4, 0.5) is 0 Å². The van der Waals surface area contributed by atoms with Gasteiger partial charge in [-0.25, -0.2) is 4.98 Å². The first-order chi connectivity index (χ1) is 8.13. The number of rotatable bonds is 4. The van der Waals surface area contributed by atoms with Crippen LogP contribution >= 0.6 is 0 Å². The summed E-state index contributed by atoms with van der Waals surface area (Å²) in [4.78, 5) is 6.59. The van der Waals surface area contributed by atoms with Crippen LogP contribution in [0.5, 0.6) is 0 Å². The number of β-amino-alcohol motifs (C(OH)–C–C–N with tert-alkyl or cyclic N) is 1. The summed E-state index contributed by atoms with van der Waals surface area (Å²) in [7, 11) is 2.07. The monoisotopic (exact) mass is 237 g/mol. The summed E-state index contributed by atoms with van der Waals surface area (Å²) in [5, 5.41) is 10.6. The van der Waals surface area contributed by atoms with Crippen molar-refractivity contribution in [1.82, 2.24) is 14.5 Å². The van der Waals surface area contributed by atoms with E-state index in [9.17, 15) is 5.11 Å². The molecular formula is C13H23N3O. The second kappa shape index (κ2) is 5.19. The fourth-order valence-electron chi connectivity index (χ4n) is 2.73. The highest BCUT2D eigenvalue weighted by Crippen LogP contribution is 2.24. The lowest BCUT2D eigenvalue weighted by Gasteiger charge is -2.37. The van der Waals surface area contributed by atoms with Gasteiger partial charge in [0.05, 0.1) is 5.60 Å². The highest BCUT2D eigenvalue weighted by Gasteiger charge is 2.33. The van der Waals surface area contributed by atoms with Gasteiger partial charge >= 0.3 is 0 Å². The van der Waals surface area contributed by atoms with Crippen LogP contribution < -0.4 is 0 Å². The molecule has 2 rings (SSSR count). The first-order valence-corrected chi connectivity index (χ1v) is 6.54. The lowest BCUT2D eigenvalue weighted by molar-refractivity contribution is -0.0243. The molecule has 1 N–H and O–H groups in total. The SMILES string of the molecule is CCCn1ccnc1CC1(O)CCCN(C)C1. The van der Waals surface area contributed by atoms with Gasteiger partial charge in [0.1, 0.15) is 5.82 Å². The topological polar surface area (TPSA) is 41.3 Å². The molecule has 4 nitrogen and oxygen atoms in total. The number of aryl methyl sites for hydroxylation is 1. The second-order valence-electron chi connectivity index (χ2n) is 5.28. The summed E-state index contributed by atoms with van der Waals surface area (Å²) in [5.74, 6) is 1.02. The van der Waals surface area contributed by atoms with Crippen molar-refractivity contribution in [2.75, 3.05) is 20.1 Å². The van der Waals surface area contributed by atoms with Gasteiger partial charge in [-0.2, -0.15) is 0 Å². The number of aromatic nitrogens is 2. The van der Waals surface area contributed by atoms with Crippen LogP contribution in [0.1, 0.15) is 32.0 Å². The van der Waals surface area contributed by atoms with Gasteiger partial charge in [0.15, 0.2) is 0 Å². The summed E-state index contributed by atoms with van der Waals surface area (Å²) in [5.41, 5.74) is -0.593. The maximum atomic E-state index is 10.6. The number of likely N-dealkylation sites (N-methyl/N-ethyl adjacent to an activating group) is 1. The summed E-state index contributed by atoms with van der Waals surface area (Å²) in [6, 6.07) is 0. The molecule has 0 amide bonds. The Labute approximate surface area is 103 Å². The maximum absolute atomic E-state index is 10.6. The van der Waals surface area contributed by atoms with Gasteiger partial charge in [0.2, 0.25) is 0 Å². The van der Waals surface area contributed by atoms with Gasteiger partial charge in [0.25, 0.3) is 0 Å². The predicted molar refractivity (Wildman–Crippen MR) is 67.9 cm³/mol. The average molecular weight is 237 g/mol. The van der Waals surface area contributed by atoms with Crippen molar-refractivity contribution >= 4 is 0 Å². The molecule has 1 atom stereocenters. The van der Waals surface area contributed by atoms with Gasteiger partial charge in [-0.15, -0.1) is 0 Å². The lowest BCUT2D eigenvalue weighted by atomic mass is 9.89. The molecule has 0 aromatic carbocycles. The van der Waals surface area contributed by atoms with Crippen LogP contribution in [-0.4, -0.2) is 45.3 Å². The summed E-state index contributed by atoms with van der Waals surface area (Å²) in [6.45, 7) is 4.99. The lowest BCUT2D eigenvalue weighted by Crippen LogP contribution is -2.48. The van der Waals surface area contributed by atoms with Crippen molar-refractivity contribution in [3.8, 4) is 0 Å². The average Bonchev–Trinajstić information content (AvgIpc) is 2.65. The summed E-state index contributed by atoms with van der Waals surface area (Å²) < 4.78 is 2.16. The Balaban J connectivity index is 2.05.